The van der Waals surface area contributed by atoms with Crippen molar-refractivity contribution >= 4 is 5.91 Å². The molecule has 0 aromatic carbocycles. The van der Waals surface area contributed by atoms with Gasteiger partial charge >= 0.3 is 0 Å². The molecule has 3 nitrogen and oxygen atoms in total. The van der Waals surface area contributed by atoms with Crippen LogP contribution in [-0.2, 0) is 9.53 Å². The van der Waals surface area contributed by atoms with Crippen LogP contribution in [0.1, 0.15) is 41.0 Å². The highest BCUT2D eigenvalue weighted by atomic mass is 16.5. The molecule has 0 unspecified atom stereocenters. The summed E-state index contributed by atoms with van der Waals surface area (Å²) in [6.45, 7) is 13.4. The molecule has 0 atom stereocenters. The number of nitrogens with one attached hydrogen (secondary N) is 1. The van der Waals surface area contributed by atoms with Gasteiger partial charge in [0.15, 0.2) is 0 Å². The molecule has 1 amide bonds. The topological polar surface area (TPSA) is 38.3 Å². The smallest absolute Gasteiger partial charge is 0.230 e. The van der Waals surface area contributed by atoms with Crippen molar-refractivity contribution in [2.75, 3.05) is 7.11 Å². The van der Waals surface area contributed by atoms with Gasteiger partial charge in [-0.2, -0.15) is 0 Å². The van der Waals surface area contributed by atoms with Crippen molar-refractivity contribution in [2.24, 2.45) is 5.41 Å². The Morgan fingerprint density at radius 1 is 1.32 bits per heavy atom. The van der Waals surface area contributed by atoms with E-state index in [1.165, 1.54) is 0 Å². The molecular formula is C16H27NO2. The number of hydrogen-bond donors (Lipinski definition) is 1. The normalized spacial score (nSPS) is 13.7. The molecule has 0 bridgehead atoms. The summed E-state index contributed by atoms with van der Waals surface area (Å²) in [5.41, 5.74) is -0.101. The van der Waals surface area contributed by atoms with Crippen LogP contribution in [0.2, 0.25) is 0 Å². The van der Waals surface area contributed by atoms with E-state index < -0.39 is 5.41 Å². The van der Waals surface area contributed by atoms with Crippen molar-refractivity contribution in [3.63, 3.8) is 0 Å². The van der Waals surface area contributed by atoms with E-state index in [0.29, 0.717) is 6.42 Å². The third-order valence-electron chi connectivity index (χ3n) is 2.94. The van der Waals surface area contributed by atoms with Crippen LogP contribution in [0.15, 0.2) is 36.6 Å². The molecule has 0 saturated carbocycles. The first-order valence-corrected chi connectivity index (χ1v) is 6.50. The zero-order valence-corrected chi connectivity index (χ0v) is 13.0. The van der Waals surface area contributed by atoms with E-state index in [0.717, 1.165) is 5.70 Å². The van der Waals surface area contributed by atoms with Gasteiger partial charge in [-0.1, -0.05) is 32.6 Å². The molecule has 0 fully saturated rings. The molecule has 108 valence electrons. The first-order valence-electron chi connectivity index (χ1n) is 6.50. The average Bonchev–Trinajstić information content (AvgIpc) is 2.28. The van der Waals surface area contributed by atoms with E-state index in [-0.39, 0.29) is 11.5 Å². The van der Waals surface area contributed by atoms with Crippen LogP contribution in [0.5, 0.6) is 0 Å². The van der Waals surface area contributed by atoms with Gasteiger partial charge < -0.3 is 10.1 Å². The van der Waals surface area contributed by atoms with Crippen molar-refractivity contribution in [1.82, 2.24) is 5.32 Å². The van der Waals surface area contributed by atoms with E-state index in [9.17, 15) is 4.79 Å². The Morgan fingerprint density at radius 3 is 2.32 bits per heavy atom. The number of allylic oxidation sites excluding steroid dienone is 4. The lowest BCUT2D eigenvalue weighted by molar-refractivity contribution is -0.132. The maximum absolute atomic E-state index is 12.3. The van der Waals surface area contributed by atoms with Crippen LogP contribution in [0.3, 0.4) is 0 Å². The molecule has 19 heavy (non-hydrogen) atoms. The predicted octanol–water partition coefficient (Wildman–Crippen LogP) is 3.59. The summed E-state index contributed by atoms with van der Waals surface area (Å²) in [4.78, 5) is 12.3. The van der Waals surface area contributed by atoms with Crippen molar-refractivity contribution in [3.05, 3.63) is 36.6 Å². The fourth-order valence-electron chi connectivity index (χ4n) is 1.96. The van der Waals surface area contributed by atoms with E-state index in [4.69, 9.17) is 4.74 Å². The molecule has 0 aromatic rings. The maximum atomic E-state index is 12.3. The summed E-state index contributed by atoms with van der Waals surface area (Å²) in [5.74, 6) is -0.0242. The molecule has 0 radical (unpaired) electrons. The molecule has 1 N–H and O–H groups in total. The summed E-state index contributed by atoms with van der Waals surface area (Å²) >= 11 is 0. The quantitative estimate of drug-likeness (QED) is 0.714. The van der Waals surface area contributed by atoms with E-state index >= 15 is 0 Å². The zero-order valence-electron chi connectivity index (χ0n) is 13.0. The highest BCUT2D eigenvalue weighted by molar-refractivity contribution is 5.83. The fourth-order valence-corrected chi connectivity index (χ4v) is 1.96. The first kappa shape index (κ1) is 17.6. The van der Waals surface area contributed by atoms with Crippen molar-refractivity contribution < 1.29 is 9.53 Å². The van der Waals surface area contributed by atoms with Gasteiger partial charge in [0.25, 0.3) is 0 Å². The molecule has 0 aromatic heterocycles. The minimum Gasteiger partial charge on any atom is -0.379 e. The summed E-state index contributed by atoms with van der Waals surface area (Å²) in [7, 11) is 1.66. The Kier molecular flexibility index (Phi) is 6.77. The first-order chi connectivity index (χ1) is 8.68. The monoisotopic (exact) mass is 265 g/mol. The lowest BCUT2D eigenvalue weighted by Crippen LogP contribution is -2.41. The van der Waals surface area contributed by atoms with Crippen molar-refractivity contribution in [2.45, 2.75) is 46.6 Å². The van der Waals surface area contributed by atoms with Crippen LogP contribution >= 0.6 is 0 Å². The lowest BCUT2D eigenvalue weighted by atomic mass is 9.81. The molecule has 0 rings (SSSR count). The van der Waals surface area contributed by atoms with Crippen molar-refractivity contribution in [1.29, 1.82) is 0 Å². The maximum Gasteiger partial charge on any atom is 0.230 e. The molecule has 0 saturated heterocycles. The molecule has 0 aliphatic heterocycles. The zero-order chi connectivity index (χ0) is 15.1. The number of methoxy groups -OCH3 is 1. The van der Waals surface area contributed by atoms with Gasteiger partial charge in [-0.25, -0.2) is 0 Å². The molecule has 0 aliphatic carbocycles. The summed E-state index contributed by atoms with van der Waals surface area (Å²) in [5, 5.41) is 2.91. The van der Waals surface area contributed by atoms with Gasteiger partial charge in [-0.05, 0) is 39.3 Å². The summed E-state index contributed by atoms with van der Waals surface area (Å²) in [6.07, 6.45) is 7.79. The van der Waals surface area contributed by atoms with Gasteiger partial charge in [0.2, 0.25) is 5.91 Å². The molecule has 0 spiro atoms. The molecule has 0 heterocycles. The molecule has 0 aliphatic rings. The highest BCUT2D eigenvalue weighted by Crippen LogP contribution is 2.30. The van der Waals surface area contributed by atoms with Crippen LogP contribution in [-0.4, -0.2) is 18.6 Å². The summed E-state index contributed by atoms with van der Waals surface area (Å²) < 4.78 is 5.40. The number of amides is 1. The molecule has 3 heteroatoms. The van der Waals surface area contributed by atoms with Gasteiger partial charge in [-0.3, -0.25) is 4.79 Å². The van der Waals surface area contributed by atoms with Gasteiger partial charge in [0.1, 0.15) is 0 Å². The predicted molar refractivity (Wildman–Crippen MR) is 80.7 cm³/mol. The SMILES string of the molecule is C=C/C=C(\C=C/C)NC(=O)C(C)(C)CC(C)(C)OC. The Hall–Kier alpha value is -1.35. The highest BCUT2D eigenvalue weighted by Gasteiger charge is 2.34. The van der Waals surface area contributed by atoms with Crippen LogP contribution in [0, 0.1) is 5.41 Å². The van der Waals surface area contributed by atoms with Crippen LogP contribution < -0.4 is 5.32 Å². The third-order valence-corrected chi connectivity index (χ3v) is 2.94. The van der Waals surface area contributed by atoms with E-state index in [2.05, 4.69) is 11.9 Å². The molecular weight excluding hydrogens is 238 g/mol. The second-order valence-corrected chi connectivity index (χ2v) is 5.84. The number of carbonyl (C=O) groups is 1. The Balaban J connectivity index is 4.89. The van der Waals surface area contributed by atoms with E-state index in [1.807, 2.05) is 46.8 Å². The number of rotatable bonds is 7. The Morgan fingerprint density at radius 2 is 1.89 bits per heavy atom. The summed E-state index contributed by atoms with van der Waals surface area (Å²) in [6, 6.07) is 0. The Labute approximate surface area is 117 Å². The fraction of sp³-hybridized carbons (Fsp3) is 0.562. The largest absolute Gasteiger partial charge is 0.379 e. The van der Waals surface area contributed by atoms with Crippen LogP contribution in [0.4, 0.5) is 0 Å². The van der Waals surface area contributed by atoms with Crippen LogP contribution in [0.25, 0.3) is 0 Å². The van der Waals surface area contributed by atoms with Gasteiger partial charge in [-0.15, -0.1) is 0 Å². The number of hydrogen-bond acceptors (Lipinski definition) is 2. The number of ether oxygens (including phenoxy) is 1. The third kappa shape index (κ3) is 6.39. The van der Waals surface area contributed by atoms with Crippen molar-refractivity contribution in [3.8, 4) is 0 Å². The van der Waals surface area contributed by atoms with E-state index in [1.54, 1.807) is 19.3 Å². The minimum atomic E-state index is -0.513. The average molecular weight is 265 g/mol. The second kappa shape index (κ2) is 7.29. The van der Waals surface area contributed by atoms with Gasteiger partial charge in [0, 0.05) is 18.2 Å². The minimum absolute atomic E-state index is 0.0242. The van der Waals surface area contributed by atoms with Gasteiger partial charge in [0.05, 0.1) is 5.60 Å². The lowest BCUT2D eigenvalue weighted by Gasteiger charge is -2.33. The second-order valence-electron chi connectivity index (χ2n) is 5.84. The standard InChI is InChI=1S/C16H27NO2/c1-8-10-13(11-9-2)17-14(18)15(3,4)12-16(5,6)19-7/h8-11H,1,12H2,2-7H3,(H,17,18)/b11-9-,13-10+. The number of carbonyl (C=O) groups excluding carboxylic acids is 1. The Bertz CT molecular complexity index is 376.